The number of rotatable bonds is 6. The zero-order chi connectivity index (χ0) is 12.8. The third-order valence-corrected chi connectivity index (χ3v) is 3.64. The lowest BCUT2D eigenvalue weighted by molar-refractivity contribution is 0.701. The summed E-state index contributed by atoms with van der Waals surface area (Å²) in [4.78, 5) is 2.39. The van der Waals surface area contributed by atoms with Gasteiger partial charge in [-0.1, -0.05) is 28.9 Å². The van der Waals surface area contributed by atoms with Crippen molar-refractivity contribution in [2.24, 2.45) is 0 Å². The molecular weight excluding hydrogens is 276 g/mol. The van der Waals surface area contributed by atoms with Crippen LogP contribution in [0, 0.1) is 0 Å². The first-order chi connectivity index (χ1) is 8.10. The number of hydrogen-bond acceptors (Lipinski definition) is 2. The molecule has 0 radical (unpaired) electrons. The average molecular weight is 299 g/mol. The van der Waals surface area contributed by atoms with Crippen LogP contribution in [0.5, 0.6) is 0 Å². The topological polar surface area (TPSA) is 15.3 Å². The summed E-state index contributed by atoms with van der Waals surface area (Å²) in [6.07, 6.45) is 0. The Hall–Kier alpha value is -0.540. The van der Waals surface area contributed by atoms with Gasteiger partial charge in [0.2, 0.25) is 0 Å². The van der Waals surface area contributed by atoms with E-state index in [1.54, 1.807) is 0 Å². The van der Waals surface area contributed by atoms with Gasteiger partial charge in [0, 0.05) is 29.3 Å². The van der Waals surface area contributed by atoms with Crippen molar-refractivity contribution in [2.75, 3.05) is 18.0 Å². The van der Waals surface area contributed by atoms with Crippen molar-refractivity contribution in [1.82, 2.24) is 5.32 Å². The molecule has 1 aromatic rings. The maximum absolute atomic E-state index is 3.66. The molecule has 1 N–H and O–H groups in total. The Bertz CT molecular complexity index is 350. The molecule has 0 aromatic heterocycles. The van der Waals surface area contributed by atoms with Crippen LogP contribution in [0.15, 0.2) is 22.7 Å². The van der Waals surface area contributed by atoms with Gasteiger partial charge in [0.05, 0.1) is 0 Å². The first kappa shape index (κ1) is 14.5. The van der Waals surface area contributed by atoms with E-state index in [0.717, 1.165) is 19.6 Å². The zero-order valence-corrected chi connectivity index (χ0v) is 12.8. The van der Waals surface area contributed by atoms with Gasteiger partial charge < -0.3 is 10.2 Å². The molecule has 0 fully saturated rings. The maximum atomic E-state index is 3.66. The van der Waals surface area contributed by atoms with E-state index >= 15 is 0 Å². The van der Waals surface area contributed by atoms with Crippen LogP contribution in [0.1, 0.15) is 33.3 Å². The Morgan fingerprint density at radius 3 is 2.47 bits per heavy atom. The molecule has 0 spiro atoms. The van der Waals surface area contributed by atoms with Crippen molar-refractivity contribution in [3.8, 4) is 0 Å². The lowest BCUT2D eigenvalue weighted by Crippen LogP contribution is -2.30. The summed E-state index contributed by atoms with van der Waals surface area (Å²) in [7, 11) is 0. The summed E-state index contributed by atoms with van der Waals surface area (Å²) >= 11 is 3.66. The minimum atomic E-state index is 0.534. The van der Waals surface area contributed by atoms with Crippen LogP contribution < -0.4 is 10.2 Å². The molecular formula is C14H23BrN2. The van der Waals surface area contributed by atoms with Crippen LogP contribution >= 0.6 is 15.9 Å². The Labute approximate surface area is 114 Å². The molecule has 0 bridgehead atoms. The van der Waals surface area contributed by atoms with Gasteiger partial charge in [-0.05, 0) is 45.0 Å². The molecule has 17 heavy (non-hydrogen) atoms. The minimum absolute atomic E-state index is 0.534. The van der Waals surface area contributed by atoms with E-state index in [4.69, 9.17) is 0 Å². The monoisotopic (exact) mass is 298 g/mol. The number of anilines is 1. The van der Waals surface area contributed by atoms with Crippen LogP contribution in [-0.2, 0) is 6.54 Å². The van der Waals surface area contributed by atoms with E-state index in [-0.39, 0.29) is 0 Å². The van der Waals surface area contributed by atoms with E-state index in [1.807, 2.05) is 0 Å². The second-order valence-electron chi connectivity index (χ2n) is 4.44. The quantitative estimate of drug-likeness (QED) is 0.859. The zero-order valence-electron chi connectivity index (χ0n) is 11.3. The third-order valence-electron chi connectivity index (χ3n) is 2.90. The molecule has 0 saturated heterocycles. The van der Waals surface area contributed by atoms with Gasteiger partial charge >= 0.3 is 0 Å². The summed E-state index contributed by atoms with van der Waals surface area (Å²) in [6, 6.07) is 7.16. The summed E-state index contributed by atoms with van der Waals surface area (Å²) < 4.78 is 1.19. The SMILES string of the molecule is CCNCc1ccc(N(CC)C(C)C)cc1Br. The molecule has 0 aliphatic rings. The van der Waals surface area contributed by atoms with Crippen molar-refractivity contribution in [2.45, 2.75) is 40.3 Å². The van der Waals surface area contributed by atoms with Crippen LogP contribution in [0.2, 0.25) is 0 Å². The lowest BCUT2D eigenvalue weighted by Gasteiger charge is -2.28. The largest absolute Gasteiger partial charge is 0.369 e. The van der Waals surface area contributed by atoms with Crippen molar-refractivity contribution in [1.29, 1.82) is 0 Å². The number of benzene rings is 1. The van der Waals surface area contributed by atoms with Gasteiger partial charge in [-0.2, -0.15) is 0 Å². The van der Waals surface area contributed by atoms with E-state index in [0.29, 0.717) is 6.04 Å². The normalized spacial score (nSPS) is 10.9. The minimum Gasteiger partial charge on any atom is -0.369 e. The average Bonchev–Trinajstić information content (AvgIpc) is 2.28. The van der Waals surface area contributed by atoms with E-state index in [1.165, 1.54) is 15.7 Å². The second-order valence-corrected chi connectivity index (χ2v) is 5.29. The Kier molecular flexibility index (Phi) is 6.00. The fraction of sp³-hybridized carbons (Fsp3) is 0.571. The van der Waals surface area contributed by atoms with E-state index < -0.39 is 0 Å². The van der Waals surface area contributed by atoms with Crippen molar-refractivity contribution < 1.29 is 0 Å². The van der Waals surface area contributed by atoms with Gasteiger partial charge in [0.1, 0.15) is 0 Å². The predicted octanol–water partition coefficient (Wildman–Crippen LogP) is 3.79. The van der Waals surface area contributed by atoms with Crippen molar-refractivity contribution >= 4 is 21.6 Å². The lowest BCUT2D eigenvalue weighted by atomic mass is 10.1. The Morgan fingerprint density at radius 1 is 1.29 bits per heavy atom. The molecule has 0 atom stereocenters. The molecule has 0 amide bonds. The summed E-state index contributed by atoms with van der Waals surface area (Å²) in [5, 5.41) is 3.35. The molecule has 3 heteroatoms. The van der Waals surface area contributed by atoms with Gasteiger partial charge in [-0.3, -0.25) is 0 Å². The first-order valence-corrected chi connectivity index (χ1v) is 7.15. The van der Waals surface area contributed by atoms with Gasteiger partial charge in [-0.15, -0.1) is 0 Å². The molecule has 1 aromatic carbocycles. The molecule has 0 heterocycles. The van der Waals surface area contributed by atoms with Gasteiger partial charge in [0.15, 0.2) is 0 Å². The van der Waals surface area contributed by atoms with Crippen molar-refractivity contribution in [3.63, 3.8) is 0 Å². The van der Waals surface area contributed by atoms with E-state index in [9.17, 15) is 0 Å². The molecule has 0 aliphatic heterocycles. The van der Waals surface area contributed by atoms with Crippen LogP contribution in [0.25, 0.3) is 0 Å². The predicted molar refractivity (Wildman–Crippen MR) is 79.7 cm³/mol. The molecule has 1 rings (SSSR count). The number of nitrogens with zero attached hydrogens (tertiary/aromatic N) is 1. The number of hydrogen-bond donors (Lipinski definition) is 1. The maximum Gasteiger partial charge on any atom is 0.0379 e. The summed E-state index contributed by atoms with van der Waals surface area (Å²) in [6.45, 7) is 11.7. The van der Waals surface area contributed by atoms with Crippen molar-refractivity contribution in [3.05, 3.63) is 28.2 Å². The van der Waals surface area contributed by atoms with Gasteiger partial charge in [-0.25, -0.2) is 0 Å². The van der Waals surface area contributed by atoms with E-state index in [2.05, 4.69) is 72.0 Å². The highest BCUT2D eigenvalue weighted by molar-refractivity contribution is 9.10. The summed E-state index contributed by atoms with van der Waals surface area (Å²) in [5.74, 6) is 0. The highest BCUT2D eigenvalue weighted by Crippen LogP contribution is 2.25. The summed E-state index contributed by atoms with van der Waals surface area (Å²) in [5.41, 5.74) is 2.60. The number of nitrogens with one attached hydrogen (secondary N) is 1. The molecule has 2 nitrogen and oxygen atoms in total. The van der Waals surface area contributed by atoms with Crippen LogP contribution in [0.4, 0.5) is 5.69 Å². The molecule has 0 saturated carbocycles. The molecule has 96 valence electrons. The van der Waals surface area contributed by atoms with Gasteiger partial charge in [0.25, 0.3) is 0 Å². The standard InChI is InChI=1S/C14H23BrN2/c1-5-16-10-12-7-8-13(9-14(12)15)17(6-2)11(3)4/h7-9,11,16H,5-6,10H2,1-4H3. The second kappa shape index (κ2) is 7.02. The number of halogens is 1. The fourth-order valence-electron chi connectivity index (χ4n) is 1.96. The molecule has 0 aliphatic carbocycles. The highest BCUT2D eigenvalue weighted by atomic mass is 79.9. The third kappa shape index (κ3) is 4.00. The fourth-order valence-corrected chi connectivity index (χ4v) is 2.47. The van der Waals surface area contributed by atoms with Crippen LogP contribution in [0.3, 0.4) is 0 Å². The first-order valence-electron chi connectivity index (χ1n) is 6.35. The smallest absolute Gasteiger partial charge is 0.0379 e. The van der Waals surface area contributed by atoms with Crippen LogP contribution in [-0.4, -0.2) is 19.1 Å². The highest BCUT2D eigenvalue weighted by Gasteiger charge is 2.09. The Balaban J connectivity index is 2.87. The Morgan fingerprint density at radius 2 is 2.00 bits per heavy atom. The molecule has 0 unspecified atom stereocenters.